The number of hydrogen-bond acceptors (Lipinski definition) is 5. The SMILES string of the molecule is CCCCC(CN(O)C=O)C(=O)NC(C(=O)OC1CCCC1)C(C)(C)C. The highest BCUT2D eigenvalue weighted by Crippen LogP contribution is 2.26. The van der Waals surface area contributed by atoms with E-state index < -0.39 is 23.3 Å². The van der Waals surface area contributed by atoms with Gasteiger partial charge in [-0.25, -0.2) is 9.86 Å². The van der Waals surface area contributed by atoms with Gasteiger partial charge in [0.15, 0.2) is 0 Å². The molecule has 26 heavy (non-hydrogen) atoms. The normalized spacial score (nSPS) is 17.4. The number of hydroxylamine groups is 2. The van der Waals surface area contributed by atoms with Crippen molar-refractivity contribution < 1.29 is 24.3 Å². The van der Waals surface area contributed by atoms with Crippen molar-refractivity contribution in [2.75, 3.05) is 6.54 Å². The monoisotopic (exact) mass is 370 g/mol. The second kappa shape index (κ2) is 10.5. The molecule has 2 N–H and O–H groups in total. The van der Waals surface area contributed by atoms with Gasteiger partial charge in [-0.05, 0) is 37.5 Å². The average molecular weight is 370 g/mol. The minimum atomic E-state index is -0.775. The number of carbonyl (C=O) groups excluding carboxylic acids is 3. The molecule has 0 aromatic rings. The third-order valence-electron chi connectivity index (χ3n) is 4.78. The molecular weight excluding hydrogens is 336 g/mol. The zero-order valence-electron chi connectivity index (χ0n) is 16.5. The molecular formula is C19H34N2O5. The maximum atomic E-state index is 12.7. The van der Waals surface area contributed by atoms with Crippen LogP contribution in [-0.2, 0) is 19.1 Å². The molecule has 2 atom stereocenters. The van der Waals surface area contributed by atoms with E-state index in [0.29, 0.717) is 11.5 Å². The van der Waals surface area contributed by atoms with Crippen LogP contribution in [0.4, 0.5) is 0 Å². The molecule has 0 radical (unpaired) electrons. The van der Waals surface area contributed by atoms with Crippen LogP contribution in [0.5, 0.6) is 0 Å². The number of hydrogen-bond donors (Lipinski definition) is 2. The summed E-state index contributed by atoms with van der Waals surface area (Å²) >= 11 is 0. The molecule has 0 aliphatic heterocycles. The number of ether oxygens (including phenoxy) is 1. The fraction of sp³-hybridized carbons (Fsp3) is 0.842. The summed E-state index contributed by atoms with van der Waals surface area (Å²) in [6.45, 7) is 7.53. The molecule has 1 fully saturated rings. The van der Waals surface area contributed by atoms with Gasteiger partial charge in [0.1, 0.15) is 12.1 Å². The van der Waals surface area contributed by atoms with Crippen LogP contribution in [0.25, 0.3) is 0 Å². The van der Waals surface area contributed by atoms with Gasteiger partial charge in [-0.15, -0.1) is 0 Å². The Bertz CT molecular complexity index is 469. The molecule has 1 rings (SSSR count). The molecule has 2 unspecified atom stereocenters. The fourth-order valence-electron chi connectivity index (χ4n) is 3.15. The smallest absolute Gasteiger partial charge is 0.329 e. The predicted octanol–water partition coefficient (Wildman–Crippen LogP) is 2.66. The van der Waals surface area contributed by atoms with Crippen molar-refractivity contribution in [1.82, 2.24) is 10.4 Å². The number of esters is 1. The van der Waals surface area contributed by atoms with Crippen LogP contribution in [0.3, 0.4) is 0 Å². The lowest BCUT2D eigenvalue weighted by Crippen LogP contribution is -2.53. The van der Waals surface area contributed by atoms with Gasteiger partial charge < -0.3 is 10.1 Å². The van der Waals surface area contributed by atoms with Crippen molar-refractivity contribution in [2.45, 2.75) is 84.8 Å². The highest BCUT2D eigenvalue weighted by atomic mass is 16.5. The minimum absolute atomic E-state index is 0.0665. The number of nitrogens with one attached hydrogen (secondary N) is 1. The van der Waals surface area contributed by atoms with Crippen LogP contribution in [-0.4, -0.2) is 47.2 Å². The highest BCUT2D eigenvalue weighted by Gasteiger charge is 2.37. The van der Waals surface area contributed by atoms with E-state index >= 15 is 0 Å². The van der Waals surface area contributed by atoms with E-state index in [2.05, 4.69) is 5.32 Å². The predicted molar refractivity (Wildman–Crippen MR) is 97.3 cm³/mol. The summed E-state index contributed by atoms with van der Waals surface area (Å²) in [5.41, 5.74) is -0.510. The summed E-state index contributed by atoms with van der Waals surface area (Å²) in [6.07, 6.45) is 6.28. The van der Waals surface area contributed by atoms with Gasteiger partial charge in [0.2, 0.25) is 12.3 Å². The Morgan fingerprint density at radius 3 is 2.42 bits per heavy atom. The van der Waals surface area contributed by atoms with E-state index in [1.54, 1.807) is 0 Å². The summed E-state index contributed by atoms with van der Waals surface area (Å²) in [6, 6.07) is -0.775. The molecule has 150 valence electrons. The lowest BCUT2D eigenvalue weighted by molar-refractivity contribution is -0.159. The Balaban J connectivity index is 2.80. The zero-order chi connectivity index (χ0) is 19.7. The first-order chi connectivity index (χ1) is 12.2. The molecule has 2 amide bonds. The minimum Gasteiger partial charge on any atom is -0.461 e. The van der Waals surface area contributed by atoms with E-state index in [0.717, 1.165) is 38.5 Å². The Kier molecular flexibility index (Phi) is 9.05. The van der Waals surface area contributed by atoms with E-state index in [4.69, 9.17) is 4.74 Å². The van der Waals surface area contributed by atoms with Crippen molar-refractivity contribution in [3.63, 3.8) is 0 Å². The van der Waals surface area contributed by atoms with Crippen molar-refractivity contribution in [3.8, 4) is 0 Å². The number of rotatable bonds is 10. The summed E-state index contributed by atoms with van der Waals surface area (Å²) in [5.74, 6) is -1.33. The third-order valence-corrected chi connectivity index (χ3v) is 4.78. The Hall–Kier alpha value is -1.63. The quantitative estimate of drug-likeness (QED) is 0.267. The molecule has 7 heteroatoms. The largest absolute Gasteiger partial charge is 0.461 e. The second-order valence-electron chi connectivity index (χ2n) is 8.22. The second-order valence-corrected chi connectivity index (χ2v) is 8.22. The van der Waals surface area contributed by atoms with Gasteiger partial charge in [0.25, 0.3) is 0 Å². The van der Waals surface area contributed by atoms with Crippen LogP contribution in [0.1, 0.15) is 72.6 Å². The summed E-state index contributed by atoms with van der Waals surface area (Å²) in [4.78, 5) is 36.1. The number of unbranched alkanes of at least 4 members (excludes halogenated alkanes) is 1. The Morgan fingerprint density at radius 2 is 1.92 bits per heavy atom. The van der Waals surface area contributed by atoms with Crippen LogP contribution in [0, 0.1) is 11.3 Å². The van der Waals surface area contributed by atoms with E-state index in [1.807, 2.05) is 27.7 Å². The standard InChI is InChI=1S/C19H34N2O5/c1-5-6-9-14(12-21(25)13-22)17(23)20-16(19(2,3)4)18(24)26-15-10-7-8-11-15/h13-16,25H,5-12H2,1-4H3,(H,20,23). The van der Waals surface area contributed by atoms with Gasteiger partial charge >= 0.3 is 5.97 Å². The maximum absolute atomic E-state index is 12.7. The first-order valence-electron chi connectivity index (χ1n) is 9.60. The van der Waals surface area contributed by atoms with Crippen molar-refractivity contribution in [2.24, 2.45) is 11.3 Å². The van der Waals surface area contributed by atoms with Crippen molar-refractivity contribution in [3.05, 3.63) is 0 Å². The van der Waals surface area contributed by atoms with Gasteiger partial charge in [-0.1, -0.05) is 40.5 Å². The molecule has 7 nitrogen and oxygen atoms in total. The number of amides is 2. The molecule has 0 heterocycles. The van der Waals surface area contributed by atoms with Gasteiger partial charge in [-0.3, -0.25) is 14.8 Å². The topological polar surface area (TPSA) is 95.9 Å². The number of carbonyl (C=O) groups is 3. The zero-order valence-corrected chi connectivity index (χ0v) is 16.5. The summed E-state index contributed by atoms with van der Waals surface area (Å²) in [7, 11) is 0. The third kappa shape index (κ3) is 7.32. The molecule has 1 aliphatic rings. The van der Waals surface area contributed by atoms with Crippen LogP contribution in [0.2, 0.25) is 0 Å². The maximum Gasteiger partial charge on any atom is 0.329 e. The molecule has 0 saturated heterocycles. The lowest BCUT2D eigenvalue weighted by atomic mass is 9.86. The fourth-order valence-corrected chi connectivity index (χ4v) is 3.15. The molecule has 1 aliphatic carbocycles. The summed E-state index contributed by atoms with van der Waals surface area (Å²) in [5, 5.41) is 12.7. The Labute approximate surface area is 156 Å². The average Bonchev–Trinajstić information content (AvgIpc) is 3.07. The molecule has 0 bridgehead atoms. The molecule has 0 spiro atoms. The van der Waals surface area contributed by atoms with E-state index in [-0.39, 0.29) is 25.0 Å². The molecule has 0 aromatic carbocycles. The van der Waals surface area contributed by atoms with Crippen LogP contribution in [0.15, 0.2) is 0 Å². The highest BCUT2D eigenvalue weighted by molar-refractivity contribution is 5.86. The van der Waals surface area contributed by atoms with Gasteiger partial charge in [0, 0.05) is 0 Å². The molecule has 1 saturated carbocycles. The van der Waals surface area contributed by atoms with E-state index in [9.17, 15) is 19.6 Å². The first kappa shape index (κ1) is 22.4. The lowest BCUT2D eigenvalue weighted by Gasteiger charge is -2.32. The van der Waals surface area contributed by atoms with Crippen LogP contribution >= 0.6 is 0 Å². The molecule has 0 aromatic heterocycles. The van der Waals surface area contributed by atoms with Crippen molar-refractivity contribution >= 4 is 18.3 Å². The van der Waals surface area contributed by atoms with Gasteiger partial charge in [0.05, 0.1) is 12.5 Å². The van der Waals surface area contributed by atoms with Crippen LogP contribution < -0.4 is 5.32 Å². The van der Waals surface area contributed by atoms with Crippen molar-refractivity contribution in [1.29, 1.82) is 0 Å². The van der Waals surface area contributed by atoms with E-state index in [1.165, 1.54) is 0 Å². The summed E-state index contributed by atoms with van der Waals surface area (Å²) < 4.78 is 5.59. The van der Waals surface area contributed by atoms with Gasteiger partial charge in [-0.2, -0.15) is 0 Å². The first-order valence-corrected chi connectivity index (χ1v) is 9.60. The Morgan fingerprint density at radius 1 is 1.31 bits per heavy atom. The number of nitrogens with zero attached hydrogens (tertiary/aromatic N) is 1.